The number of nitrogens with zero attached hydrogens (tertiary/aromatic N) is 8. The lowest BCUT2D eigenvalue weighted by molar-refractivity contribution is -0.140. The van der Waals surface area contributed by atoms with Crippen molar-refractivity contribution >= 4 is 40.1 Å². The Balaban J connectivity index is 1.11. The van der Waals surface area contributed by atoms with Crippen LogP contribution in [0.25, 0.3) is 22.0 Å². The number of carbonyl (C=O) groups is 2. The molecule has 0 radical (unpaired) electrons. The van der Waals surface area contributed by atoms with Crippen LogP contribution >= 0.6 is 0 Å². The van der Waals surface area contributed by atoms with Gasteiger partial charge in [-0.05, 0) is 48.9 Å². The molecule has 4 aromatic heterocycles. The molecule has 0 bridgehead atoms. The van der Waals surface area contributed by atoms with Crippen LogP contribution in [0.4, 0.5) is 26.1 Å². The topological polar surface area (TPSA) is 135 Å². The number of aliphatic carboxylic acids is 1. The number of fused-ring (bicyclic) bond motifs is 2. The minimum atomic E-state index is -2.76. The zero-order chi connectivity index (χ0) is 38.5. The number of pyridine rings is 1. The molecule has 0 spiro atoms. The zero-order valence-electron chi connectivity index (χ0n) is 31.5. The third-order valence-electron chi connectivity index (χ3n) is 11.6. The van der Waals surface area contributed by atoms with Crippen molar-refractivity contribution < 1.29 is 32.7 Å². The molecule has 2 saturated heterocycles. The molecule has 0 aliphatic carbocycles. The van der Waals surface area contributed by atoms with Gasteiger partial charge >= 0.3 is 5.97 Å². The van der Waals surface area contributed by atoms with Gasteiger partial charge in [0.25, 0.3) is 6.43 Å². The van der Waals surface area contributed by atoms with Gasteiger partial charge in [0.05, 0.1) is 24.1 Å². The Morgan fingerprint density at radius 1 is 1.04 bits per heavy atom. The first-order chi connectivity index (χ1) is 26.5. The summed E-state index contributed by atoms with van der Waals surface area (Å²) in [6.45, 7) is 8.82. The molecule has 15 heteroatoms. The van der Waals surface area contributed by atoms with Crippen LogP contribution in [0.2, 0.25) is 0 Å². The molecule has 2 atom stereocenters. The van der Waals surface area contributed by atoms with Gasteiger partial charge in [-0.1, -0.05) is 25.1 Å². The normalized spacial score (nSPS) is 18.4. The van der Waals surface area contributed by atoms with Crippen LogP contribution in [0.15, 0.2) is 53.4 Å². The van der Waals surface area contributed by atoms with Crippen LogP contribution in [-0.2, 0) is 27.3 Å². The summed E-state index contributed by atoms with van der Waals surface area (Å²) in [4.78, 5) is 34.4. The van der Waals surface area contributed by atoms with Crippen molar-refractivity contribution in [1.82, 2.24) is 29.4 Å². The van der Waals surface area contributed by atoms with Crippen LogP contribution in [0.1, 0.15) is 87.0 Å². The average molecular weight is 757 g/mol. The van der Waals surface area contributed by atoms with Crippen molar-refractivity contribution in [3.8, 4) is 11.1 Å². The van der Waals surface area contributed by atoms with Crippen molar-refractivity contribution in [1.29, 1.82) is 0 Å². The number of amides is 1. The van der Waals surface area contributed by atoms with Crippen molar-refractivity contribution in [3.05, 3.63) is 71.5 Å². The summed E-state index contributed by atoms with van der Waals surface area (Å²) >= 11 is 0. The van der Waals surface area contributed by atoms with Gasteiger partial charge in [-0.15, -0.1) is 0 Å². The molecule has 13 nitrogen and oxygen atoms in total. The van der Waals surface area contributed by atoms with Crippen LogP contribution in [-0.4, -0.2) is 86.3 Å². The Morgan fingerprint density at radius 3 is 2.56 bits per heavy atom. The molecule has 3 aliphatic heterocycles. The van der Waals surface area contributed by atoms with E-state index in [2.05, 4.69) is 24.3 Å². The molecule has 2 fully saturated rings. The molecule has 1 aromatic carbocycles. The molecule has 3 aliphatic rings. The third kappa shape index (κ3) is 6.72. The third-order valence-corrected chi connectivity index (χ3v) is 11.6. The molecule has 290 valence electrons. The van der Waals surface area contributed by atoms with E-state index in [4.69, 9.17) is 14.4 Å². The number of carbonyl (C=O) groups excluding carboxylic acids is 1. The van der Waals surface area contributed by atoms with E-state index < -0.39 is 18.3 Å². The number of ether oxygens (including phenoxy) is 1. The number of anilines is 3. The van der Waals surface area contributed by atoms with E-state index in [1.165, 1.54) is 0 Å². The maximum atomic E-state index is 15.1. The van der Waals surface area contributed by atoms with Crippen molar-refractivity contribution in [2.45, 2.75) is 77.4 Å². The van der Waals surface area contributed by atoms with Gasteiger partial charge in [0.2, 0.25) is 5.91 Å². The van der Waals surface area contributed by atoms with Gasteiger partial charge in [0.15, 0.2) is 17.4 Å². The Hall–Kier alpha value is -5.31. The van der Waals surface area contributed by atoms with E-state index in [1.54, 1.807) is 42.4 Å². The van der Waals surface area contributed by atoms with Gasteiger partial charge in [-0.3, -0.25) is 19.3 Å². The fraction of sp³-hybridized carbons (Fsp3) is 0.475. The smallest absolute Gasteiger partial charge is 0.314 e. The Bertz CT molecular complexity index is 2220. The van der Waals surface area contributed by atoms with E-state index in [9.17, 15) is 14.7 Å². The number of alkyl halides is 2. The summed E-state index contributed by atoms with van der Waals surface area (Å²) in [5, 5.41) is 19.8. The molecular weight excluding hydrogens is 710 g/mol. The highest BCUT2D eigenvalue weighted by molar-refractivity contribution is 5.97. The van der Waals surface area contributed by atoms with E-state index in [-0.39, 0.29) is 29.5 Å². The summed E-state index contributed by atoms with van der Waals surface area (Å²) in [5.74, 6) is -0.370. The fourth-order valence-electron chi connectivity index (χ4n) is 8.61. The summed E-state index contributed by atoms with van der Waals surface area (Å²) in [7, 11) is 1.85. The number of hydrogen-bond donors (Lipinski definition) is 1. The molecule has 7 heterocycles. The summed E-state index contributed by atoms with van der Waals surface area (Å²) in [6.07, 6.45) is 5.73. The number of hydrogen-bond acceptors (Lipinski definition) is 9. The number of aromatic nitrogens is 5. The lowest BCUT2D eigenvalue weighted by Gasteiger charge is -2.29. The van der Waals surface area contributed by atoms with E-state index >= 15 is 8.78 Å². The van der Waals surface area contributed by atoms with Gasteiger partial charge in [-0.2, -0.15) is 5.10 Å². The van der Waals surface area contributed by atoms with Gasteiger partial charge in [-0.25, -0.2) is 8.78 Å². The highest BCUT2D eigenvalue weighted by Gasteiger charge is 2.34. The molecule has 1 unspecified atom stereocenters. The fourth-order valence-corrected chi connectivity index (χ4v) is 8.61. The Kier molecular flexibility index (Phi) is 9.82. The number of carboxylic acids is 1. The van der Waals surface area contributed by atoms with Crippen LogP contribution in [0.5, 0.6) is 0 Å². The van der Waals surface area contributed by atoms with Crippen LogP contribution in [0.3, 0.4) is 0 Å². The molecule has 5 aromatic rings. The van der Waals surface area contributed by atoms with Crippen LogP contribution < -0.4 is 9.80 Å². The standard InChI is InChI=1S/C40H46F2N8O5/c1-23(2)37(40(52)53)35-18-36(45-55-35)48-13-8-27(20-48)49-22-31(30-19-43-12-7-33(30)49)28-6-5-26(17-29(28)38(41)42)46(4)39-32-21-47(24(3)51)14-9-34(32)50(44-39)25-10-15-54-16-11-25/h5-7,12,17-19,22-23,25,27,37-38H,8-11,13-16,20-21H2,1-4H3,(H,52,53)/t27-,37?/m1/s1. The number of benzene rings is 1. The summed E-state index contributed by atoms with van der Waals surface area (Å²) in [6, 6.07) is 8.94. The molecule has 8 rings (SSSR count). The molecule has 1 amide bonds. The lowest BCUT2D eigenvalue weighted by atomic mass is 9.93. The summed E-state index contributed by atoms with van der Waals surface area (Å²) in [5.41, 5.74) is 4.47. The zero-order valence-corrected chi connectivity index (χ0v) is 31.5. The van der Waals surface area contributed by atoms with Gasteiger partial charge in [0.1, 0.15) is 5.92 Å². The van der Waals surface area contributed by atoms with E-state index in [1.807, 2.05) is 44.1 Å². The first-order valence-electron chi connectivity index (χ1n) is 19.0. The maximum absolute atomic E-state index is 15.1. The van der Waals surface area contributed by atoms with Crippen molar-refractivity contribution in [2.24, 2.45) is 5.92 Å². The highest BCUT2D eigenvalue weighted by atomic mass is 19.3. The maximum Gasteiger partial charge on any atom is 0.314 e. The minimum absolute atomic E-state index is 0.00819. The molecule has 1 N–H and O–H groups in total. The SMILES string of the molecule is CC(=O)N1CCc2c(c(N(C)c3ccc(-c4cn([C@@H]5CCN(c6cc(C(C(=O)O)C(C)C)on6)C5)c5ccncc45)c(C(F)F)c3)nn2C2CCOCC2)C1. The Morgan fingerprint density at radius 2 is 1.84 bits per heavy atom. The molecular formula is C40H46F2N8O5. The monoisotopic (exact) mass is 756 g/mol. The number of rotatable bonds is 10. The average Bonchev–Trinajstić information content (AvgIpc) is 3.99. The number of halogens is 2. The van der Waals surface area contributed by atoms with E-state index in [0.717, 1.165) is 41.4 Å². The highest BCUT2D eigenvalue weighted by Crippen LogP contribution is 2.42. The largest absolute Gasteiger partial charge is 0.481 e. The van der Waals surface area contributed by atoms with Gasteiger partial charge < -0.3 is 33.6 Å². The van der Waals surface area contributed by atoms with E-state index in [0.29, 0.717) is 80.0 Å². The molecule has 55 heavy (non-hydrogen) atoms. The minimum Gasteiger partial charge on any atom is -0.481 e. The first kappa shape index (κ1) is 36.7. The quantitative estimate of drug-likeness (QED) is 0.157. The molecule has 0 saturated carbocycles. The van der Waals surface area contributed by atoms with Crippen molar-refractivity contribution in [3.63, 3.8) is 0 Å². The second-order valence-electron chi connectivity index (χ2n) is 15.2. The lowest BCUT2D eigenvalue weighted by Crippen LogP contribution is -2.35. The summed E-state index contributed by atoms with van der Waals surface area (Å²) < 4.78 is 45.6. The first-order valence-corrected chi connectivity index (χ1v) is 19.0. The van der Waals surface area contributed by atoms with Gasteiger partial charge in [0, 0.05) is 111 Å². The predicted octanol–water partition coefficient (Wildman–Crippen LogP) is 7.13. The van der Waals surface area contributed by atoms with Crippen LogP contribution in [0, 0.1) is 5.92 Å². The number of carboxylic acid groups (broad SMARTS) is 1. The second kappa shape index (κ2) is 14.7. The predicted molar refractivity (Wildman–Crippen MR) is 202 cm³/mol. The van der Waals surface area contributed by atoms with Crippen molar-refractivity contribution in [2.75, 3.05) is 49.7 Å². The second-order valence-corrected chi connectivity index (χ2v) is 15.2. The Labute approximate surface area is 317 Å².